The Morgan fingerprint density at radius 3 is 2.71 bits per heavy atom. The highest BCUT2D eigenvalue weighted by molar-refractivity contribution is 6.43. The van der Waals surface area contributed by atoms with Gasteiger partial charge in [-0.05, 0) is 19.1 Å². The summed E-state index contributed by atoms with van der Waals surface area (Å²) in [6, 6.07) is 6.96. The fourth-order valence-corrected chi connectivity index (χ4v) is 1.98. The van der Waals surface area contributed by atoms with Gasteiger partial charge in [-0.2, -0.15) is 0 Å². The molecule has 1 heterocycles. The van der Waals surface area contributed by atoms with Crippen LogP contribution in [0.4, 0.5) is 17.3 Å². The van der Waals surface area contributed by atoms with E-state index < -0.39 is 0 Å². The maximum atomic E-state index is 6.14. The first-order valence-corrected chi connectivity index (χ1v) is 7.03. The number of nitrogen functional groups attached to an aromatic ring is 1. The minimum absolute atomic E-state index is 0.296. The monoisotopic (exact) mass is 327 g/mol. The van der Waals surface area contributed by atoms with Gasteiger partial charge in [0.15, 0.2) is 5.82 Å². The fourth-order valence-electron chi connectivity index (χ4n) is 1.63. The van der Waals surface area contributed by atoms with Gasteiger partial charge >= 0.3 is 0 Å². The first kappa shape index (κ1) is 15.8. The molecule has 0 amide bonds. The Kier molecular flexibility index (Phi) is 5.58. The Morgan fingerprint density at radius 2 is 2.00 bits per heavy atom. The second kappa shape index (κ2) is 7.42. The van der Waals surface area contributed by atoms with E-state index in [-0.39, 0.29) is 0 Å². The lowest BCUT2D eigenvalue weighted by Crippen LogP contribution is -2.12. The number of ether oxygens (including phenoxy) is 1. The van der Waals surface area contributed by atoms with E-state index in [1.165, 1.54) is 0 Å². The van der Waals surface area contributed by atoms with Crippen molar-refractivity contribution >= 4 is 40.5 Å². The molecule has 0 fully saturated rings. The SMILES string of the molecule is CCOCc1nc(NN)cc(Nc2cccc(Cl)c2Cl)n1. The molecule has 0 saturated carbocycles. The van der Waals surface area contributed by atoms with Crippen molar-refractivity contribution < 1.29 is 4.74 Å². The van der Waals surface area contributed by atoms with Crippen molar-refractivity contribution in [1.82, 2.24) is 9.97 Å². The molecule has 0 atom stereocenters. The number of hydrogen-bond donors (Lipinski definition) is 3. The summed E-state index contributed by atoms with van der Waals surface area (Å²) >= 11 is 12.1. The number of nitrogens with one attached hydrogen (secondary N) is 2. The molecule has 0 unspecified atom stereocenters. The molecule has 6 nitrogen and oxygen atoms in total. The van der Waals surface area contributed by atoms with Crippen molar-refractivity contribution in [3.05, 3.63) is 40.1 Å². The summed E-state index contributed by atoms with van der Waals surface area (Å²) in [4.78, 5) is 8.54. The predicted octanol–water partition coefficient (Wildman–Crippen LogP) is 3.35. The van der Waals surface area contributed by atoms with Crippen molar-refractivity contribution in [3.63, 3.8) is 0 Å². The molecule has 0 aliphatic carbocycles. The summed E-state index contributed by atoms with van der Waals surface area (Å²) in [6.45, 7) is 2.77. The Hall–Kier alpha value is -1.60. The van der Waals surface area contributed by atoms with Crippen LogP contribution in [0, 0.1) is 0 Å². The standard InChI is InChI=1S/C13H15Cl2N5O/c1-2-21-7-12-18-10(6-11(19-12)20-16)17-9-5-3-4-8(14)13(9)15/h3-6H,2,7,16H2,1H3,(H2,17,18,19,20). The fraction of sp³-hybridized carbons (Fsp3) is 0.231. The van der Waals surface area contributed by atoms with Gasteiger partial charge < -0.3 is 15.5 Å². The van der Waals surface area contributed by atoms with Crippen LogP contribution in [0.25, 0.3) is 0 Å². The third-order valence-electron chi connectivity index (χ3n) is 2.57. The molecular weight excluding hydrogens is 313 g/mol. The number of nitrogens with zero attached hydrogens (tertiary/aromatic N) is 2. The third-order valence-corrected chi connectivity index (χ3v) is 3.39. The molecule has 21 heavy (non-hydrogen) atoms. The molecule has 0 aliphatic heterocycles. The van der Waals surface area contributed by atoms with Crippen LogP contribution in [-0.4, -0.2) is 16.6 Å². The van der Waals surface area contributed by atoms with Crippen molar-refractivity contribution in [2.45, 2.75) is 13.5 Å². The van der Waals surface area contributed by atoms with Crippen LogP contribution >= 0.6 is 23.2 Å². The Bertz CT molecular complexity index is 624. The average molecular weight is 328 g/mol. The Morgan fingerprint density at radius 1 is 1.24 bits per heavy atom. The van der Waals surface area contributed by atoms with Crippen LogP contribution in [0.5, 0.6) is 0 Å². The zero-order valence-electron chi connectivity index (χ0n) is 11.4. The van der Waals surface area contributed by atoms with E-state index in [9.17, 15) is 0 Å². The molecule has 0 aliphatic rings. The summed E-state index contributed by atoms with van der Waals surface area (Å²) < 4.78 is 5.30. The molecule has 2 aromatic rings. The van der Waals surface area contributed by atoms with Crippen molar-refractivity contribution in [2.24, 2.45) is 5.84 Å². The van der Waals surface area contributed by atoms with Gasteiger partial charge in [0.2, 0.25) is 0 Å². The van der Waals surface area contributed by atoms with Gasteiger partial charge in [-0.3, -0.25) is 0 Å². The molecule has 2 rings (SSSR count). The number of hydrogen-bond acceptors (Lipinski definition) is 6. The maximum Gasteiger partial charge on any atom is 0.158 e. The van der Waals surface area contributed by atoms with Crippen LogP contribution in [0.1, 0.15) is 12.7 Å². The number of anilines is 3. The number of halogens is 2. The van der Waals surface area contributed by atoms with Crippen molar-refractivity contribution in [1.29, 1.82) is 0 Å². The lowest BCUT2D eigenvalue weighted by molar-refractivity contribution is 0.128. The van der Waals surface area contributed by atoms with E-state index >= 15 is 0 Å². The Labute approximate surface area is 132 Å². The first-order chi connectivity index (χ1) is 10.1. The van der Waals surface area contributed by atoms with Gasteiger partial charge in [0.25, 0.3) is 0 Å². The number of rotatable bonds is 6. The lowest BCUT2D eigenvalue weighted by Gasteiger charge is -2.11. The van der Waals surface area contributed by atoms with Gasteiger partial charge in [0, 0.05) is 12.7 Å². The molecule has 0 bridgehead atoms. The first-order valence-electron chi connectivity index (χ1n) is 6.27. The number of benzene rings is 1. The van der Waals surface area contributed by atoms with Gasteiger partial charge in [-0.25, -0.2) is 15.8 Å². The van der Waals surface area contributed by atoms with E-state index in [1.807, 2.05) is 6.92 Å². The van der Waals surface area contributed by atoms with Gasteiger partial charge in [-0.15, -0.1) is 0 Å². The highest BCUT2D eigenvalue weighted by Gasteiger charge is 2.08. The minimum atomic E-state index is 0.296. The summed E-state index contributed by atoms with van der Waals surface area (Å²) in [5, 5.41) is 3.97. The smallest absolute Gasteiger partial charge is 0.158 e. The van der Waals surface area contributed by atoms with Crippen LogP contribution in [-0.2, 0) is 11.3 Å². The topological polar surface area (TPSA) is 85.1 Å². The lowest BCUT2D eigenvalue weighted by atomic mass is 10.3. The van der Waals surface area contributed by atoms with Gasteiger partial charge in [0.05, 0.1) is 15.7 Å². The molecule has 0 spiro atoms. The van der Waals surface area contributed by atoms with Gasteiger partial charge in [0.1, 0.15) is 18.2 Å². The van der Waals surface area contributed by atoms with Crippen molar-refractivity contribution in [3.8, 4) is 0 Å². The molecule has 8 heteroatoms. The average Bonchev–Trinajstić information content (AvgIpc) is 2.49. The molecule has 0 radical (unpaired) electrons. The maximum absolute atomic E-state index is 6.14. The normalized spacial score (nSPS) is 10.5. The molecule has 1 aromatic heterocycles. The molecule has 0 saturated heterocycles. The zero-order chi connectivity index (χ0) is 15.2. The quantitative estimate of drug-likeness (QED) is 0.557. The summed E-state index contributed by atoms with van der Waals surface area (Å²) in [5.74, 6) is 6.93. The van der Waals surface area contributed by atoms with E-state index in [0.29, 0.717) is 46.4 Å². The van der Waals surface area contributed by atoms with Crippen LogP contribution in [0.3, 0.4) is 0 Å². The zero-order valence-corrected chi connectivity index (χ0v) is 12.9. The van der Waals surface area contributed by atoms with Gasteiger partial charge in [-0.1, -0.05) is 29.3 Å². The van der Waals surface area contributed by atoms with E-state index in [2.05, 4.69) is 20.7 Å². The predicted molar refractivity (Wildman–Crippen MR) is 84.9 cm³/mol. The second-order valence-corrected chi connectivity index (χ2v) is 4.85. The van der Waals surface area contributed by atoms with Crippen LogP contribution < -0.4 is 16.6 Å². The highest BCUT2D eigenvalue weighted by Crippen LogP contribution is 2.31. The summed E-state index contributed by atoms with van der Waals surface area (Å²) in [7, 11) is 0. The van der Waals surface area contributed by atoms with Crippen LogP contribution in [0.15, 0.2) is 24.3 Å². The number of hydrazine groups is 1. The number of aromatic nitrogens is 2. The second-order valence-electron chi connectivity index (χ2n) is 4.06. The summed E-state index contributed by atoms with van der Waals surface area (Å²) in [5.41, 5.74) is 3.14. The van der Waals surface area contributed by atoms with E-state index in [0.717, 1.165) is 0 Å². The molecular formula is C13H15Cl2N5O. The Balaban J connectivity index is 2.28. The highest BCUT2D eigenvalue weighted by atomic mass is 35.5. The molecule has 112 valence electrons. The number of nitrogens with two attached hydrogens (primary N) is 1. The van der Waals surface area contributed by atoms with E-state index in [1.54, 1.807) is 24.3 Å². The summed E-state index contributed by atoms with van der Waals surface area (Å²) in [6.07, 6.45) is 0. The van der Waals surface area contributed by atoms with E-state index in [4.69, 9.17) is 33.8 Å². The minimum Gasteiger partial charge on any atom is -0.374 e. The largest absolute Gasteiger partial charge is 0.374 e. The molecule has 1 aromatic carbocycles. The molecule has 4 N–H and O–H groups in total. The third kappa shape index (κ3) is 4.18. The van der Waals surface area contributed by atoms with Crippen molar-refractivity contribution in [2.75, 3.05) is 17.3 Å². The van der Waals surface area contributed by atoms with Crippen LogP contribution in [0.2, 0.25) is 10.0 Å².